The summed E-state index contributed by atoms with van der Waals surface area (Å²) < 4.78 is 27.3. The second kappa shape index (κ2) is 6.02. The van der Waals surface area contributed by atoms with E-state index in [1.165, 1.54) is 6.26 Å². The summed E-state index contributed by atoms with van der Waals surface area (Å²) in [5.74, 6) is 0.719. The third-order valence-corrected chi connectivity index (χ3v) is 3.09. The Morgan fingerprint density at radius 1 is 1.41 bits per heavy atom. The van der Waals surface area contributed by atoms with Gasteiger partial charge in [-0.15, -0.1) is 0 Å². The van der Waals surface area contributed by atoms with E-state index < -0.39 is 9.84 Å². The molecule has 1 unspecified atom stereocenters. The van der Waals surface area contributed by atoms with E-state index in [0.717, 1.165) is 12.0 Å². The van der Waals surface area contributed by atoms with E-state index in [9.17, 15) is 8.42 Å². The predicted octanol–water partition coefficient (Wildman–Crippen LogP) is 1.000. The Balaban J connectivity index is 2.54. The van der Waals surface area contributed by atoms with Gasteiger partial charge in [-0.3, -0.25) is 0 Å². The van der Waals surface area contributed by atoms with Gasteiger partial charge in [0.15, 0.2) is 9.84 Å². The fourth-order valence-corrected chi connectivity index (χ4v) is 1.83. The lowest BCUT2D eigenvalue weighted by Gasteiger charge is -2.09. The molecular formula is C12H19NO3S. The van der Waals surface area contributed by atoms with Gasteiger partial charge < -0.3 is 10.5 Å². The number of hydrogen-bond acceptors (Lipinski definition) is 4. The SMILES string of the molecule is CC(N)Cc1cccc(OCCS(C)(=O)=O)c1. The maximum atomic E-state index is 10.9. The summed E-state index contributed by atoms with van der Waals surface area (Å²) in [7, 11) is -2.97. The second-order valence-corrected chi connectivity index (χ2v) is 6.57. The first kappa shape index (κ1) is 14.0. The lowest BCUT2D eigenvalue weighted by Crippen LogP contribution is -2.17. The minimum absolute atomic E-state index is 0.0323. The molecule has 1 aromatic carbocycles. The molecule has 0 saturated heterocycles. The van der Waals surface area contributed by atoms with Gasteiger partial charge in [0.25, 0.3) is 0 Å². The molecule has 96 valence electrons. The highest BCUT2D eigenvalue weighted by Gasteiger charge is 2.03. The molecule has 0 saturated carbocycles. The van der Waals surface area contributed by atoms with E-state index in [0.29, 0.717) is 5.75 Å². The Morgan fingerprint density at radius 2 is 2.12 bits per heavy atom. The van der Waals surface area contributed by atoms with Crippen molar-refractivity contribution in [2.45, 2.75) is 19.4 Å². The van der Waals surface area contributed by atoms with E-state index in [1.807, 2.05) is 31.2 Å². The van der Waals surface area contributed by atoms with E-state index >= 15 is 0 Å². The number of hydrogen-bond donors (Lipinski definition) is 1. The van der Waals surface area contributed by atoms with Crippen LogP contribution in [0.2, 0.25) is 0 Å². The molecule has 0 aliphatic heterocycles. The molecule has 2 N–H and O–H groups in total. The number of ether oxygens (including phenoxy) is 1. The summed E-state index contributed by atoms with van der Waals surface area (Å²) in [6, 6.07) is 7.67. The lowest BCUT2D eigenvalue weighted by atomic mass is 10.1. The minimum atomic E-state index is -2.97. The van der Waals surface area contributed by atoms with Crippen molar-refractivity contribution >= 4 is 9.84 Å². The third kappa shape index (κ3) is 6.28. The van der Waals surface area contributed by atoms with Gasteiger partial charge >= 0.3 is 0 Å². The first-order valence-electron chi connectivity index (χ1n) is 5.52. The molecule has 0 bridgehead atoms. The fourth-order valence-electron chi connectivity index (χ4n) is 1.44. The van der Waals surface area contributed by atoms with Gasteiger partial charge in [0.1, 0.15) is 12.4 Å². The first-order chi connectivity index (χ1) is 7.87. The van der Waals surface area contributed by atoms with Crippen LogP contribution >= 0.6 is 0 Å². The van der Waals surface area contributed by atoms with Gasteiger partial charge in [-0.1, -0.05) is 12.1 Å². The van der Waals surface area contributed by atoms with E-state index in [4.69, 9.17) is 10.5 Å². The van der Waals surface area contributed by atoms with Gasteiger partial charge in [-0.05, 0) is 31.0 Å². The van der Waals surface area contributed by atoms with E-state index in [-0.39, 0.29) is 18.4 Å². The molecule has 0 fully saturated rings. The highest BCUT2D eigenvalue weighted by Crippen LogP contribution is 2.14. The van der Waals surface area contributed by atoms with Crippen LogP contribution < -0.4 is 10.5 Å². The summed E-state index contributed by atoms with van der Waals surface area (Å²) in [5, 5.41) is 0. The second-order valence-electron chi connectivity index (χ2n) is 4.31. The molecule has 0 amide bonds. The molecule has 1 rings (SSSR count). The van der Waals surface area contributed by atoms with E-state index in [1.54, 1.807) is 0 Å². The number of rotatable bonds is 6. The largest absolute Gasteiger partial charge is 0.493 e. The van der Waals surface area contributed by atoms with Gasteiger partial charge in [-0.25, -0.2) is 8.42 Å². The quantitative estimate of drug-likeness (QED) is 0.825. The fraction of sp³-hybridized carbons (Fsp3) is 0.500. The molecule has 0 aliphatic rings. The summed E-state index contributed by atoms with van der Waals surface area (Å²) in [5.41, 5.74) is 6.81. The summed E-state index contributed by atoms with van der Waals surface area (Å²) in [6.45, 7) is 2.12. The highest BCUT2D eigenvalue weighted by molar-refractivity contribution is 7.90. The molecule has 1 atom stereocenters. The zero-order valence-corrected chi connectivity index (χ0v) is 11.0. The van der Waals surface area contributed by atoms with Crippen molar-refractivity contribution in [3.63, 3.8) is 0 Å². The summed E-state index contributed by atoms with van der Waals surface area (Å²) in [4.78, 5) is 0. The van der Waals surface area contributed by atoms with Crippen molar-refractivity contribution in [2.24, 2.45) is 5.73 Å². The third-order valence-electron chi connectivity index (χ3n) is 2.18. The van der Waals surface area contributed by atoms with Crippen LogP contribution in [-0.4, -0.2) is 33.1 Å². The zero-order chi connectivity index (χ0) is 12.9. The average Bonchev–Trinajstić information content (AvgIpc) is 2.15. The smallest absolute Gasteiger partial charge is 0.150 e. The van der Waals surface area contributed by atoms with Gasteiger partial charge in [-0.2, -0.15) is 0 Å². The maximum Gasteiger partial charge on any atom is 0.150 e. The maximum absolute atomic E-state index is 10.9. The van der Waals surface area contributed by atoms with Crippen LogP contribution in [0.3, 0.4) is 0 Å². The van der Waals surface area contributed by atoms with Crippen molar-refractivity contribution in [1.82, 2.24) is 0 Å². The van der Waals surface area contributed by atoms with Crippen molar-refractivity contribution in [3.05, 3.63) is 29.8 Å². The predicted molar refractivity (Wildman–Crippen MR) is 69.0 cm³/mol. The Hall–Kier alpha value is -1.07. The number of nitrogens with two attached hydrogens (primary N) is 1. The van der Waals surface area contributed by atoms with Crippen LogP contribution in [0.5, 0.6) is 5.75 Å². The highest BCUT2D eigenvalue weighted by atomic mass is 32.2. The number of sulfone groups is 1. The standard InChI is InChI=1S/C12H19NO3S/c1-10(13)8-11-4-3-5-12(9-11)16-6-7-17(2,14)15/h3-5,9-10H,6-8,13H2,1-2H3. The van der Waals surface area contributed by atoms with Crippen molar-refractivity contribution in [3.8, 4) is 5.75 Å². The minimum Gasteiger partial charge on any atom is -0.493 e. The van der Waals surface area contributed by atoms with Crippen LogP contribution in [0.1, 0.15) is 12.5 Å². The molecule has 5 heteroatoms. The van der Waals surface area contributed by atoms with Crippen molar-refractivity contribution < 1.29 is 13.2 Å². The summed E-state index contributed by atoms with van der Waals surface area (Å²) >= 11 is 0. The molecule has 0 radical (unpaired) electrons. The average molecular weight is 257 g/mol. The summed E-state index contributed by atoms with van der Waals surface area (Å²) in [6.07, 6.45) is 1.98. The molecule has 17 heavy (non-hydrogen) atoms. The van der Waals surface area contributed by atoms with Crippen LogP contribution in [0.25, 0.3) is 0 Å². The molecule has 1 aromatic rings. The Bertz CT molecular complexity index is 455. The molecule has 0 aliphatic carbocycles. The molecule has 4 nitrogen and oxygen atoms in total. The monoisotopic (exact) mass is 257 g/mol. The normalized spacial score (nSPS) is 13.4. The van der Waals surface area contributed by atoms with Crippen LogP contribution in [0.15, 0.2) is 24.3 Å². The lowest BCUT2D eigenvalue weighted by molar-refractivity contribution is 0.340. The number of benzene rings is 1. The van der Waals surface area contributed by atoms with Gasteiger partial charge in [0.2, 0.25) is 0 Å². The van der Waals surface area contributed by atoms with Gasteiger partial charge in [0, 0.05) is 12.3 Å². The molecule has 0 aromatic heterocycles. The molecule has 0 heterocycles. The first-order valence-corrected chi connectivity index (χ1v) is 7.58. The Kier molecular flexibility index (Phi) is 4.96. The van der Waals surface area contributed by atoms with Crippen molar-refractivity contribution in [1.29, 1.82) is 0 Å². The zero-order valence-electron chi connectivity index (χ0n) is 10.2. The van der Waals surface area contributed by atoms with Gasteiger partial charge in [0.05, 0.1) is 5.75 Å². The van der Waals surface area contributed by atoms with Crippen molar-refractivity contribution in [2.75, 3.05) is 18.6 Å². The van der Waals surface area contributed by atoms with Crippen LogP contribution in [0.4, 0.5) is 0 Å². The Labute approximate surface area is 103 Å². The van der Waals surface area contributed by atoms with E-state index in [2.05, 4.69) is 0 Å². The molecular weight excluding hydrogens is 238 g/mol. The Morgan fingerprint density at radius 3 is 2.71 bits per heavy atom. The molecule has 0 spiro atoms. The van der Waals surface area contributed by atoms with Crippen LogP contribution in [0, 0.1) is 0 Å². The topological polar surface area (TPSA) is 69.4 Å². The van der Waals surface area contributed by atoms with Crippen LogP contribution in [-0.2, 0) is 16.3 Å².